The van der Waals surface area contributed by atoms with Crippen LogP contribution >= 0.6 is 43.5 Å². The van der Waals surface area contributed by atoms with Gasteiger partial charge < -0.3 is 10.6 Å². The van der Waals surface area contributed by atoms with Crippen molar-refractivity contribution in [1.82, 2.24) is 20.1 Å². The molecule has 0 bridgehead atoms. The molecule has 0 unspecified atom stereocenters. The normalized spacial score (nSPS) is 11.7. The van der Waals surface area contributed by atoms with Crippen molar-refractivity contribution in [2.24, 2.45) is 0 Å². The minimum Gasteiger partial charge on any atom is -0.345 e. The van der Waals surface area contributed by atoms with E-state index in [0.29, 0.717) is 4.60 Å². The van der Waals surface area contributed by atoms with Crippen LogP contribution < -0.4 is 10.6 Å². The van der Waals surface area contributed by atoms with E-state index in [0.717, 1.165) is 12.1 Å². The molecule has 0 spiro atoms. The highest BCUT2D eigenvalue weighted by Gasteiger charge is 2.46. The van der Waals surface area contributed by atoms with E-state index in [9.17, 15) is 26.8 Å². The average Bonchev–Trinajstić information content (AvgIpc) is 3.30. The number of nitrogens with one attached hydrogen (secondary N) is 2. The number of amides is 2. The number of pyridine rings is 1. The third-order valence-corrected chi connectivity index (χ3v) is 8.42. The van der Waals surface area contributed by atoms with Crippen LogP contribution in [0.5, 0.6) is 0 Å². The molecule has 2 aromatic heterocycles. The lowest BCUT2D eigenvalue weighted by Gasteiger charge is -2.19. The van der Waals surface area contributed by atoms with Crippen LogP contribution in [0.15, 0.2) is 86.9 Å². The standard InChI is InChI=1S/C24H16Br2ClF2N5O4S/c25-16-9-4-8-15(22(35)31-13-24(28,29)39(37,38)14-6-2-1-3-7-14)20(16)32-23(36)18-12-19(26)33-34(18)21-17(27)10-5-11-30-21/h1-12H,13H2,(H,31,35)(H,32,36). The number of para-hydroxylation sites is 1. The van der Waals surface area contributed by atoms with E-state index >= 15 is 0 Å². The van der Waals surface area contributed by atoms with Crippen molar-refractivity contribution in [2.45, 2.75) is 10.2 Å². The van der Waals surface area contributed by atoms with Crippen LogP contribution in [0.25, 0.3) is 5.82 Å². The number of hydrogen-bond donors (Lipinski definition) is 2. The predicted octanol–water partition coefficient (Wildman–Crippen LogP) is 5.49. The molecule has 0 fully saturated rings. The van der Waals surface area contributed by atoms with Gasteiger partial charge in [-0.05, 0) is 68.3 Å². The summed E-state index contributed by atoms with van der Waals surface area (Å²) in [5.41, 5.74) is -0.262. The molecule has 0 aliphatic carbocycles. The second-order valence-corrected chi connectivity index (χ2v) is 12.0. The van der Waals surface area contributed by atoms with Crippen LogP contribution in [-0.4, -0.2) is 46.8 Å². The summed E-state index contributed by atoms with van der Waals surface area (Å²) in [5, 5.41) is 4.61. The first-order valence-corrected chi connectivity index (χ1v) is 14.3. The SMILES string of the molecule is O=C(NCC(F)(F)S(=O)(=O)c1ccccc1)c1cccc(Br)c1NC(=O)c1cc(Br)nn1-c1ncccc1Cl. The molecular weight excluding hydrogens is 688 g/mol. The smallest absolute Gasteiger partial charge is 0.345 e. The van der Waals surface area contributed by atoms with E-state index in [1.165, 1.54) is 53.3 Å². The van der Waals surface area contributed by atoms with E-state index in [2.05, 4.69) is 47.3 Å². The van der Waals surface area contributed by atoms with Gasteiger partial charge in [0, 0.05) is 16.7 Å². The van der Waals surface area contributed by atoms with Gasteiger partial charge in [-0.2, -0.15) is 13.9 Å². The van der Waals surface area contributed by atoms with Crippen molar-refractivity contribution in [3.63, 3.8) is 0 Å². The summed E-state index contributed by atoms with van der Waals surface area (Å²) in [7, 11) is -5.08. The number of anilines is 1. The molecule has 2 N–H and O–H groups in total. The molecule has 2 amide bonds. The first kappa shape index (κ1) is 28.8. The molecule has 0 saturated carbocycles. The molecule has 2 aromatic carbocycles. The van der Waals surface area contributed by atoms with Crippen molar-refractivity contribution >= 4 is 70.8 Å². The minimum atomic E-state index is -5.08. The van der Waals surface area contributed by atoms with Crippen molar-refractivity contribution in [3.05, 3.63) is 98.3 Å². The maximum absolute atomic E-state index is 14.7. The van der Waals surface area contributed by atoms with Crippen LogP contribution in [-0.2, 0) is 9.84 Å². The second kappa shape index (κ2) is 11.5. The summed E-state index contributed by atoms with van der Waals surface area (Å²) < 4.78 is 56.0. The van der Waals surface area contributed by atoms with Gasteiger partial charge in [-0.1, -0.05) is 35.9 Å². The summed E-state index contributed by atoms with van der Waals surface area (Å²) in [6, 6.07) is 15.0. The fourth-order valence-electron chi connectivity index (χ4n) is 3.37. The lowest BCUT2D eigenvalue weighted by molar-refractivity contribution is 0.0757. The van der Waals surface area contributed by atoms with E-state index in [1.54, 1.807) is 12.1 Å². The molecular formula is C24H16Br2ClF2N5O4S. The number of hydrogen-bond acceptors (Lipinski definition) is 6. The Hall–Kier alpha value is -3.20. The third-order valence-electron chi connectivity index (χ3n) is 5.25. The Labute approximate surface area is 242 Å². The average molecular weight is 704 g/mol. The number of benzene rings is 2. The van der Waals surface area contributed by atoms with Crippen LogP contribution in [0.4, 0.5) is 14.5 Å². The molecule has 4 rings (SSSR count). The van der Waals surface area contributed by atoms with Crippen molar-refractivity contribution in [3.8, 4) is 5.82 Å². The fraction of sp³-hybridized carbons (Fsp3) is 0.0833. The lowest BCUT2D eigenvalue weighted by atomic mass is 10.1. The van der Waals surface area contributed by atoms with Gasteiger partial charge in [-0.3, -0.25) is 9.59 Å². The molecule has 0 aliphatic rings. The summed E-state index contributed by atoms with van der Waals surface area (Å²) in [6.07, 6.45) is 1.46. The summed E-state index contributed by atoms with van der Waals surface area (Å²) in [5.74, 6) is -1.60. The summed E-state index contributed by atoms with van der Waals surface area (Å²) >= 11 is 12.7. The maximum atomic E-state index is 14.7. The lowest BCUT2D eigenvalue weighted by Crippen LogP contribution is -2.42. The van der Waals surface area contributed by atoms with E-state index in [1.807, 2.05) is 5.32 Å². The minimum absolute atomic E-state index is 0.00919. The van der Waals surface area contributed by atoms with Gasteiger partial charge >= 0.3 is 5.25 Å². The Balaban J connectivity index is 1.58. The van der Waals surface area contributed by atoms with Crippen LogP contribution in [0, 0.1) is 0 Å². The highest BCUT2D eigenvalue weighted by Crippen LogP contribution is 2.31. The van der Waals surface area contributed by atoms with Gasteiger partial charge in [-0.15, -0.1) is 0 Å². The number of aromatic nitrogens is 3. The van der Waals surface area contributed by atoms with Crippen molar-refractivity contribution < 1.29 is 26.8 Å². The Morgan fingerprint density at radius 1 is 1.00 bits per heavy atom. The zero-order chi connectivity index (χ0) is 28.4. The number of alkyl halides is 2. The van der Waals surface area contributed by atoms with Gasteiger partial charge in [0.25, 0.3) is 11.8 Å². The number of carbonyl (C=O) groups is 2. The zero-order valence-electron chi connectivity index (χ0n) is 19.4. The Morgan fingerprint density at radius 2 is 1.72 bits per heavy atom. The van der Waals surface area contributed by atoms with E-state index < -0.39 is 38.3 Å². The highest BCUT2D eigenvalue weighted by molar-refractivity contribution is 9.10. The molecule has 0 saturated heterocycles. The van der Waals surface area contributed by atoms with E-state index in [4.69, 9.17) is 11.6 Å². The fourth-order valence-corrected chi connectivity index (χ4v) is 5.54. The van der Waals surface area contributed by atoms with Crippen LogP contribution in [0.2, 0.25) is 5.02 Å². The zero-order valence-corrected chi connectivity index (χ0v) is 24.2. The van der Waals surface area contributed by atoms with Crippen molar-refractivity contribution in [2.75, 3.05) is 11.9 Å². The Kier molecular flexibility index (Phi) is 8.49. The largest absolute Gasteiger partial charge is 0.366 e. The molecule has 9 nitrogen and oxygen atoms in total. The van der Waals surface area contributed by atoms with Crippen LogP contribution in [0.1, 0.15) is 20.8 Å². The number of rotatable bonds is 8. The number of halogens is 5. The number of carbonyl (C=O) groups excluding carboxylic acids is 2. The Bertz CT molecular complexity index is 1670. The molecule has 0 aliphatic heterocycles. The molecule has 0 atom stereocenters. The first-order valence-electron chi connectivity index (χ1n) is 10.8. The predicted molar refractivity (Wildman–Crippen MR) is 147 cm³/mol. The van der Waals surface area contributed by atoms with Crippen LogP contribution in [0.3, 0.4) is 0 Å². The van der Waals surface area contributed by atoms with E-state index in [-0.39, 0.29) is 32.3 Å². The van der Waals surface area contributed by atoms with Gasteiger partial charge in [-0.25, -0.2) is 18.1 Å². The van der Waals surface area contributed by atoms with Gasteiger partial charge in [0.2, 0.25) is 9.84 Å². The number of nitrogens with zero attached hydrogens (tertiary/aromatic N) is 3. The Morgan fingerprint density at radius 3 is 2.41 bits per heavy atom. The number of sulfone groups is 1. The first-order chi connectivity index (χ1) is 18.4. The molecule has 202 valence electrons. The van der Waals surface area contributed by atoms with Crippen molar-refractivity contribution in [1.29, 1.82) is 0 Å². The van der Waals surface area contributed by atoms with Gasteiger partial charge in [0.1, 0.15) is 10.3 Å². The topological polar surface area (TPSA) is 123 Å². The van der Waals surface area contributed by atoms with Gasteiger partial charge in [0.05, 0.1) is 27.7 Å². The third kappa shape index (κ3) is 6.03. The molecule has 39 heavy (non-hydrogen) atoms. The monoisotopic (exact) mass is 701 g/mol. The second-order valence-electron chi connectivity index (χ2n) is 7.83. The highest BCUT2D eigenvalue weighted by atomic mass is 79.9. The molecule has 4 aromatic rings. The molecule has 2 heterocycles. The maximum Gasteiger partial charge on any atom is 0.366 e. The molecule has 0 radical (unpaired) electrons. The summed E-state index contributed by atoms with van der Waals surface area (Å²) in [6.45, 7) is -1.50. The summed E-state index contributed by atoms with van der Waals surface area (Å²) in [4.78, 5) is 29.7. The quantitative estimate of drug-likeness (QED) is 0.250. The van der Waals surface area contributed by atoms with Gasteiger partial charge in [0.15, 0.2) is 5.82 Å². The molecule has 15 heteroatoms.